The number of benzene rings is 1. The predicted molar refractivity (Wildman–Crippen MR) is 60.9 cm³/mol. The van der Waals surface area contributed by atoms with Crippen LogP contribution in [0.3, 0.4) is 0 Å². The smallest absolute Gasteiger partial charge is 0.0748 e. The summed E-state index contributed by atoms with van der Waals surface area (Å²) in [4.78, 5) is 0. The summed E-state index contributed by atoms with van der Waals surface area (Å²) >= 11 is 3.47. The molecule has 2 nitrogen and oxygen atoms in total. The van der Waals surface area contributed by atoms with Gasteiger partial charge in [0, 0.05) is 22.3 Å². The number of hydrogen-bond donors (Lipinski definition) is 1. The van der Waals surface area contributed by atoms with Gasteiger partial charge >= 0.3 is 0 Å². The minimum Gasteiger partial charge on any atom is -0.398 e. The van der Waals surface area contributed by atoms with E-state index in [9.17, 15) is 0 Å². The van der Waals surface area contributed by atoms with Crippen molar-refractivity contribution in [1.29, 1.82) is 0 Å². The lowest BCUT2D eigenvalue weighted by molar-refractivity contribution is 0.111. The van der Waals surface area contributed by atoms with E-state index in [0.717, 1.165) is 28.2 Å². The van der Waals surface area contributed by atoms with Crippen LogP contribution in [0.15, 0.2) is 22.7 Å². The van der Waals surface area contributed by atoms with Crippen LogP contribution in [0.2, 0.25) is 0 Å². The Labute approximate surface area is 92.6 Å². The molecule has 0 bridgehead atoms. The molecular weight excluding hydrogens is 242 g/mol. The molecule has 0 saturated heterocycles. The molecule has 14 heavy (non-hydrogen) atoms. The van der Waals surface area contributed by atoms with Crippen molar-refractivity contribution < 1.29 is 4.74 Å². The predicted octanol–water partition coefficient (Wildman–Crippen LogP) is 2.96. The van der Waals surface area contributed by atoms with Crippen molar-refractivity contribution in [2.45, 2.75) is 19.4 Å². The molecule has 2 N–H and O–H groups in total. The van der Waals surface area contributed by atoms with Gasteiger partial charge in [-0.15, -0.1) is 0 Å². The molecule has 1 aliphatic rings. The normalized spacial score (nSPS) is 15.8. The quantitative estimate of drug-likeness (QED) is 0.840. The lowest BCUT2D eigenvalue weighted by Crippen LogP contribution is -2.01. The first kappa shape index (κ1) is 9.99. The molecular formula is C11H14BrNO. The topological polar surface area (TPSA) is 35.2 Å². The molecule has 76 valence electrons. The minimum absolute atomic E-state index is 0.615. The average Bonchev–Trinajstić information content (AvgIpc) is 2.94. The maximum absolute atomic E-state index is 5.84. The molecule has 3 heteroatoms. The second-order valence-electron chi connectivity index (χ2n) is 3.77. The van der Waals surface area contributed by atoms with Crippen molar-refractivity contribution in [3.63, 3.8) is 0 Å². The van der Waals surface area contributed by atoms with Crippen molar-refractivity contribution in [1.82, 2.24) is 0 Å². The van der Waals surface area contributed by atoms with E-state index in [1.807, 2.05) is 18.2 Å². The average molecular weight is 256 g/mol. The summed E-state index contributed by atoms with van der Waals surface area (Å²) in [7, 11) is 0. The number of nitrogens with two attached hydrogens (primary N) is 1. The van der Waals surface area contributed by atoms with Crippen molar-refractivity contribution in [3.05, 3.63) is 28.2 Å². The monoisotopic (exact) mass is 255 g/mol. The number of ether oxygens (including phenoxy) is 1. The summed E-state index contributed by atoms with van der Waals surface area (Å²) in [6, 6.07) is 5.83. The maximum atomic E-state index is 5.84. The third-order valence-corrected chi connectivity index (χ3v) is 3.19. The van der Waals surface area contributed by atoms with Gasteiger partial charge < -0.3 is 10.5 Å². The van der Waals surface area contributed by atoms with E-state index in [2.05, 4.69) is 15.9 Å². The van der Waals surface area contributed by atoms with E-state index >= 15 is 0 Å². The lowest BCUT2D eigenvalue weighted by Gasteiger charge is -2.08. The molecule has 0 unspecified atom stereocenters. The van der Waals surface area contributed by atoms with E-state index < -0.39 is 0 Å². The summed E-state index contributed by atoms with van der Waals surface area (Å²) in [5, 5.41) is 0. The number of nitrogen functional groups attached to an aromatic ring is 1. The largest absolute Gasteiger partial charge is 0.398 e. The Bertz CT molecular complexity index is 303. The molecule has 1 aliphatic carbocycles. The third-order valence-electron chi connectivity index (χ3n) is 2.45. The second kappa shape index (κ2) is 4.32. The van der Waals surface area contributed by atoms with Crippen molar-refractivity contribution >= 4 is 21.6 Å². The zero-order chi connectivity index (χ0) is 9.97. The van der Waals surface area contributed by atoms with Gasteiger partial charge in [-0.3, -0.25) is 0 Å². The Kier molecular flexibility index (Phi) is 3.08. The van der Waals surface area contributed by atoms with Gasteiger partial charge in [0.25, 0.3) is 0 Å². The van der Waals surface area contributed by atoms with Crippen LogP contribution >= 0.6 is 15.9 Å². The SMILES string of the molecule is Nc1cccc(Br)c1COCC1CC1. The van der Waals surface area contributed by atoms with Gasteiger partial charge in [0.2, 0.25) is 0 Å². The van der Waals surface area contributed by atoms with Crippen molar-refractivity contribution in [3.8, 4) is 0 Å². The van der Waals surface area contributed by atoms with Crippen LogP contribution in [0.25, 0.3) is 0 Å². The summed E-state index contributed by atoms with van der Waals surface area (Å²) < 4.78 is 6.63. The molecule has 1 aromatic carbocycles. The highest BCUT2D eigenvalue weighted by Gasteiger charge is 2.21. The number of halogens is 1. The number of rotatable bonds is 4. The van der Waals surface area contributed by atoms with Crippen molar-refractivity contribution in [2.75, 3.05) is 12.3 Å². The molecule has 0 spiro atoms. The highest BCUT2D eigenvalue weighted by Crippen LogP contribution is 2.30. The Morgan fingerprint density at radius 1 is 1.43 bits per heavy atom. The summed E-state index contributed by atoms with van der Waals surface area (Å²) in [5.74, 6) is 0.804. The Morgan fingerprint density at radius 2 is 2.21 bits per heavy atom. The van der Waals surface area contributed by atoms with E-state index in [0.29, 0.717) is 6.61 Å². The fraction of sp³-hybridized carbons (Fsp3) is 0.455. The minimum atomic E-state index is 0.615. The molecule has 2 rings (SSSR count). The highest BCUT2D eigenvalue weighted by molar-refractivity contribution is 9.10. The van der Waals surface area contributed by atoms with Crippen LogP contribution in [0.1, 0.15) is 18.4 Å². The first-order valence-corrected chi connectivity index (χ1v) is 5.67. The molecule has 1 fully saturated rings. The van der Waals surface area contributed by atoms with Crippen molar-refractivity contribution in [2.24, 2.45) is 5.92 Å². The summed E-state index contributed by atoms with van der Waals surface area (Å²) in [6.07, 6.45) is 2.65. The van der Waals surface area contributed by atoms with Gasteiger partial charge in [-0.1, -0.05) is 22.0 Å². The molecule has 1 saturated carbocycles. The van der Waals surface area contributed by atoms with Crippen LogP contribution in [0.5, 0.6) is 0 Å². The van der Waals surface area contributed by atoms with Crippen LogP contribution in [0.4, 0.5) is 5.69 Å². The van der Waals surface area contributed by atoms with Gasteiger partial charge in [-0.05, 0) is 30.9 Å². The van der Waals surface area contributed by atoms with Gasteiger partial charge in [-0.25, -0.2) is 0 Å². The molecule has 0 atom stereocenters. The van der Waals surface area contributed by atoms with E-state index in [4.69, 9.17) is 10.5 Å². The molecule has 0 radical (unpaired) electrons. The maximum Gasteiger partial charge on any atom is 0.0748 e. The first-order valence-electron chi connectivity index (χ1n) is 4.88. The first-order chi connectivity index (χ1) is 6.77. The number of hydrogen-bond acceptors (Lipinski definition) is 2. The summed E-state index contributed by atoms with van der Waals surface area (Å²) in [5.41, 5.74) is 7.71. The fourth-order valence-electron chi connectivity index (χ4n) is 1.34. The van der Waals surface area contributed by atoms with Crippen LogP contribution in [0, 0.1) is 5.92 Å². The van der Waals surface area contributed by atoms with Gasteiger partial charge in [0.05, 0.1) is 6.61 Å². The number of anilines is 1. The molecule has 0 amide bonds. The van der Waals surface area contributed by atoms with E-state index in [1.54, 1.807) is 0 Å². The van der Waals surface area contributed by atoms with Gasteiger partial charge in [-0.2, -0.15) is 0 Å². The molecule has 0 heterocycles. The van der Waals surface area contributed by atoms with Crippen LogP contribution < -0.4 is 5.73 Å². The van der Waals surface area contributed by atoms with E-state index in [1.165, 1.54) is 12.8 Å². The van der Waals surface area contributed by atoms with Crippen LogP contribution in [-0.4, -0.2) is 6.61 Å². The Balaban J connectivity index is 1.92. The van der Waals surface area contributed by atoms with Crippen LogP contribution in [-0.2, 0) is 11.3 Å². The zero-order valence-electron chi connectivity index (χ0n) is 8.00. The third kappa shape index (κ3) is 2.49. The molecule has 0 aliphatic heterocycles. The Hall–Kier alpha value is -0.540. The van der Waals surface area contributed by atoms with E-state index in [-0.39, 0.29) is 0 Å². The zero-order valence-corrected chi connectivity index (χ0v) is 9.59. The lowest BCUT2D eigenvalue weighted by atomic mass is 10.2. The highest BCUT2D eigenvalue weighted by atomic mass is 79.9. The Morgan fingerprint density at radius 3 is 2.86 bits per heavy atom. The van der Waals surface area contributed by atoms with Gasteiger partial charge in [0.1, 0.15) is 0 Å². The van der Waals surface area contributed by atoms with Gasteiger partial charge in [0.15, 0.2) is 0 Å². The summed E-state index contributed by atoms with van der Waals surface area (Å²) in [6.45, 7) is 1.49. The molecule has 0 aromatic heterocycles. The molecule has 1 aromatic rings. The second-order valence-corrected chi connectivity index (χ2v) is 4.62. The fourth-order valence-corrected chi connectivity index (χ4v) is 1.84. The standard InChI is InChI=1S/C11H14BrNO/c12-10-2-1-3-11(13)9(10)7-14-6-8-4-5-8/h1-3,8H,4-7,13H2.